The van der Waals surface area contributed by atoms with Crippen LogP contribution in [0.15, 0.2) is 30.3 Å². The predicted octanol–water partition coefficient (Wildman–Crippen LogP) is 4.00. The summed E-state index contributed by atoms with van der Waals surface area (Å²) in [7, 11) is 0. The monoisotopic (exact) mass is 303 g/mol. The minimum absolute atomic E-state index is 0.168. The van der Waals surface area contributed by atoms with Crippen molar-refractivity contribution in [2.75, 3.05) is 0 Å². The van der Waals surface area contributed by atoms with Crippen LogP contribution in [0.4, 0.5) is 4.79 Å². The first-order chi connectivity index (χ1) is 10.4. The van der Waals surface area contributed by atoms with Gasteiger partial charge in [-0.3, -0.25) is 0 Å². The predicted molar refractivity (Wildman–Crippen MR) is 85.0 cm³/mol. The summed E-state index contributed by atoms with van der Waals surface area (Å²) in [5.74, 6) is 0.914. The molecule has 22 heavy (non-hydrogen) atoms. The Kier molecular flexibility index (Phi) is 4.02. The van der Waals surface area contributed by atoms with E-state index in [1.165, 1.54) is 0 Å². The molecule has 120 valence electrons. The topological polar surface area (TPSA) is 38.8 Å². The third-order valence-electron chi connectivity index (χ3n) is 4.34. The first kappa shape index (κ1) is 15.2. The van der Waals surface area contributed by atoms with E-state index in [9.17, 15) is 4.79 Å². The second-order valence-corrected chi connectivity index (χ2v) is 7.30. The summed E-state index contributed by atoms with van der Waals surface area (Å²) >= 11 is 0. The van der Waals surface area contributed by atoms with Gasteiger partial charge in [0, 0.05) is 24.9 Å². The molecule has 2 bridgehead atoms. The van der Waals surface area contributed by atoms with Crippen molar-refractivity contribution in [1.29, 1.82) is 0 Å². The van der Waals surface area contributed by atoms with E-state index in [-0.39, 0.29) is 24.3 Å². The number of para-hydroxylation sites is 1. The number of rotatable bonds is 2. The van der Waals surface area contributed by atoms with E-state index in [2.05, 4.69) is 0 Å². The Morgan fingerprint density at radius 1 is 1.09 bits per heavy atom. The van der Waals surface area contributed by atoms with Crippen molar-refractivity contribution < 1.29 is 14.3 Å². The van der Waals surface area contributed by atoms with Gasteiger partial charge in [0.15, 0.2) is 0 Å². The summed E-state index contributed by atoms with van der Waals surface area (Å²) in [6, 6.07) is 10.4. The van der Waals surface area contributed by atoms with Gasteiger partial charge in [-0.05, 0) is 45.7 Å². The van der Waals surface area contributed by atoms with Crippen LogP contribution in [0.5, 0.6) is 5.75 Å². The number of fused-ring (bicyclic) bond motifs is 2. The van der Waals surface area contributed by atoms with E-state index >= 15 is 0 Å². The SMILES string of the molecule is CC(C)(C)OC(=O)N1C2CCC1CC(Oc1ccccc1)C2. The molecule has 0 radical (unpaired) electrons. The molecule has 2 atom stereocenters. The molecule has 0 N–H and O–H groups in total. The van der Waals surface area contributed by atoms with Crippen LogP contribution in [0.1, 0.15) is 46.5 Å². The maximum atomic E-state index is 12.4. The van der Waals surface area contributed by atoms with Crippen LogP contribution in [-0.4, -0.2) is 34.8 Å². The van der Waals surface area contributed by atoms with Gasteiger partial charge in [0.2, 0.25) is 0 Å². The largest absolute Gasteiger partial charge is 0.490 e. The number of hydrogen-bond acceptors (Lipinski definition) is 3. The molecule has 2 heterocycles. The Labute approximate surface area is 132 Å². The third-order valence-corrected chi connectivity index (χ3v) is 4.34. The summed E-state index contributed by atoms with van der Waals surface area (Å²) in [6.45, 7) is 5.74. The number of amides is 1. The fraction of sp³-hybridized carbons (Fsp3) is 0.611. The number of carbonyl (C=O) groups is 1. The zero-order valence-corrected chi connectivity index (χ0v) is 13.6. The molecule has 0 aromatic heterocycles. The lowest BCUT2D eigenvalue weighted by Crippen LogP contribution is -2.50. The van der Waals surface area contributed by atoms with Crippen molar-refractivity contribution in [3.05, 3.63) is 30.3 Å². The molecule has 2 aliphatic rings. The lowest BCUT2D eigenvalue weighted by Gasteiger charge is -2.39. The van der Waals surface area contributed by atoms with Crippen LogP contribution in [0.2, 0.25) is 0 Å². The highest BCUT2D eigenvalue weighted by molar-refractivity contribution is 5.69. The summed E-state index contributed by atoms with van der Waals surface area (Å²) in [4.78, 5) is 14.4. The average molecular weight is 303 g/mol. The van der Waals surface area contributed by atoms with Gasteiger partial charge in [0.25, 0.3) is 0 Å². The molecule has 1 aromatic carbocycles. The quantitative estimate of drug-likeness (QED) is 0.829. The molecule has 0 saturated carbocycles. The van der Waals surface area contributed by atoms with Gasteiger partial charge in [-0.2, -0.15) is 0 Å². The molecular formula is C18H25NO3. The number of hydrogen-bond donors (Lipinski definition) is 0. The highest BCUT2D eigenvalue weighted by atomic mass is 16.6. The van der Waals surface area contributed by atoms with Gasteiger partial charge in [-0.1, -0.05) is 18.2 Å². The summed E-state index contributed by atoms with van der Waals surface area (Å²) in [5.41, 5.74) is -0.437. The zero-order chi connectivity index (χ0) is 15.7. The van der Waals surface area contributed by atoms with Crippen LogP contribution in [0.3, 0.4) is 0 Å². The molecule has 2 aliphatic heterocycles. The number of piperidine rings is 1. The molecule has 0 aliphatic carbocycles. The second-order valence-electron chi connectivity index (χ2n) is 7.30. The lowest BCUT2D eigenvalue weighted by atomic mass is 10.00. The molecule has 2 fully saturated rings. The Morgan fingerprint density at radius 3 is 2.23 bits per heavy atom. The minimum Gasteiger partial charge on any atom is -0.490 e. The standard InChI is InChI=1S/C18H25NO3/c1-18(2,3)22-17(20)19-13-9-10-14(19)12-16(11-13)21-15-7-5-4-6-8-15/h4-8,13-14,16H,9-12H2,1-3H3. The highest BCUT2D eigenvalue weighted by Crippen LogP contribution is 2.38. The van der Waals surface area contributed by atoms with E-state index in [1.807, 2.05) is 56.0 Å². The Hall–Kier alpha value is -1.71. The zero-order valence-electron chi connectivity index (χ0n) is 13.6. The number of ether oxygens (including phenoxy) is 2. The normalized spacial score (nSPS) is 27.6. The van der Waals surface area contributed by atoms with Crippen LogP contribution in [-0.2, 0) is 4.74 Å². The van der Waals surface area contributed by atoms with Crippen molar-refractivity contribution in [3.63, 3.8) is 0 Å². The third kappa shape index (κ3) is 3.37. The average Bonchev–Trinajstić information content (AvgIpc) is 2.70. The van der Waals surface area contributed by atoms with E-state index < -0.39 is 5.60 Å². The Morgan fingerprint density at radius 2 is 1.68 bits per heavy atom. The van der Waals surface area contributed by atoms with E-state index in [0.717, 1.165) is 31.4 Å². The van der Waals surface area contributed by atoms with Crippen LogP contribution in [0.25, 0.3) is 0 Å². The summed E-state index contributed by atoms with van der Waals surface area (Å²) in [6.07, 6.45) is 3.92. The number of nitrogens with zero attached hydrogens (tertiary/aromatic N) is 1. The Bertz CT molecular complexity index is 509. The summed E-state index contributed by atoms with van der Waals surface area (Å²) < 4.78 is 11.6. The first-order valence-corrected chi connectivity index (χ1v) is 8.15. The van der Waals surface area contributed by atoms with Crippen LogP contribution >= 0.6 is 0 Å². The summed E-state index contributed by atoms with van der Waals surface area (Å²) in [5, 5.41) is 0. The van der Waals surface area contributed by atoms with Gasteiger partial charge in [-0.25, -0.2) is 4.79 Å². The molecule has 2 unspecified atom stereocenters. The van der Waals surface area contributed by atoms with E-state index in [1.54, 1.807) is 0 Å². The van der Waals surface area contributed by atoms with Crippen molar-refractivity contribution in [1.82, 2.24) is 4.90 Å². The lowest BCUT2D eigenvalue weighted by molar-refractivity contribution is -0.00707. The van der Waals surface area contributed by atoms with Crippen molar-refractivity contribution in [3.8, 4) is 5.75 Å². The van der Waals surface area contributed by atoms with Crippen molar-refractivity contribution in [2.24, 2.45) is 0 Å². The minimum atomic E-state index is -0.437. The van der Waals surface area contributed by atoms with E-state index in [0.29, 0.717) is 0 Å². The molecule has 4 heteroatoms. The molecule has 4 nitrogen and oxygen atoms in total. The maximum Gasteiger partial charge on any atom is 0.410 e. The van der Waals surface area contributed by atoms with Gasteiger partial charge in [0.1, 0.15) is 17.5 Å². The molecule has 3 rings (SSSR count). The van der Waals surface area contributed by atoms with Gasteiger partial charge < -0.3 is 14.4 Å². The maximum absolute atomic E-state index is 12.4. The second kappa shape index (κ2) is 5.82. The smallest absolute Gasteiger partial charge is 0.410 e. The van der Waals surface area contributed by atoms with E-state index in [4.69, 9.17) is 9.47 Å². The number of benzene rings is 1. The fourth-order valence-corrected chi connectivity index (χ4v) is 3.53. The van der Waals surface area contributed by atoms with Gasteiger partial charge in [0.05, 0.1) is 0 Å². The Balaban J connectivity index is 1.63. The van der Waals surface area contributed by atoms with Crippen LogP contribution < -0.4 is 4.74 Å². The van der Waals surface area contributed by atoms with Crippen molar-refractivity contribution >= 4 is 6.09 Å². The molecule has 1 aromatic rings. The molecule has 0 spiro atoms. The van der Waals surface area contributed by atoms with Crippen molar-refractivity contribution in [2.45, 2.75) is 70.2 Å². The number of carbonyl (C=O) groups excluding carboxylic acids is 1. The molecular weight excluding hydrogens is 278 g/mol. The highest BCUT2D eigenvalue weighted by Gasteiger charge is 2.45. The van der Waals surface area contributed by atoms with Gasteiger partial charge in [-0.15, -0.1) is 0 Å². The van der Waals surface area contributed by atoms with Gasteiger partial charge >= 0.3 is 6.09 Å². The molecule has 1 amide bonds. The molecule has 2 saturated heterocycles. The van der Waals surface area contributed by atoms with Crippen LogP contribution in [0, 0.1) is 0 Å². The first-order valence-electron chi connectivity index (χ1n) is 8.15. The fourth-order valence-electron chi connectivity index (χ4n) is 3.53.